The number of phosphoric ester groups is 1. The first-order valence-electron chi connectivity index (χ1n) is 7.50. The number of phosphoric acid groups is 1. The van der Waals surface area contributed by atoms with Crippen LogP contribution in [0.15, 0.2) is 0 Å². The molecule has 0 saturated heterocycles. The molecule has 0 N–H and O–H groups in total. The van der Waals surface area contributed by atoms with Crippen LogP contribution in [0.25, 0.3) is 0 Å². The van der Waals surface area contributed by atoms with Gasteiger partial charge in [0.05, 0.1) is 7.82 Å². The second-order valence-electron chi connectivity index (χ2n) is 5.42. The van der Waals surface area contributed by atoms with Crippen LogP contribution in [-0.2, 0) is 9.09 Å². The molecule has 0 spiro atoms. The summed E-state index contributed by atoms with van der Waals surface area (Å²) in [5.74, 6) is 2.16. The summed E-state index contributed by atoms with van der Waals surface area (Å²) in [5, 5.41) is 0. The standard InChI is InChI=1S/C13H26.CH5O4P/c1-3-5-7-12(4-2)10-11-13-8-6-9-13;1-5-6(2,3)4/h12-13H,3-11H2,1-2H3;1H3,(H2,2,3,4)/p-2. The van der Waals surface area contributed by atoms with Gasteiger partial charge in [-0.25, -0.2) is 0 Å². The molecule has 1 fully saturated rings. The first-order valence-corrected chi connectivity index (χ1v) is 8.96. The molecule has 5 heteroatoms. The van der Waals surface area contributed by atoms with E-state index in [1.165, 1.54) is 57.8 Å². The molecule has 1 unspecified atom stereocenters. The fourth-order valence-corrected chi connectivity index (χ4v) is 2.30. The van der Waals surface area contributed by atoms with Gasteiger partial charge in [-0.1, -0.05) is 71.6 Å². The molecule has 116 valence electrons. The summed E-state index contributed by atoms with van der Waals surface area (Å²) in [5.41, 5.74) is 0. The highest BCUT2D eigenvalue weighted by atomic mass is 31.2. The van der Waals surface area contributed by atoms with Crippen molar-refractivity contribution >= 4 is 7.82 Å². The molecule has 0 radical (unpaired) electrons. The summed E-state index contributed by atoms with van der Waals surface area (Å²) in [7, 11) is -3.83. The highest BCUT2D eigenvalue weighted by molar-refractivity contribution is 7.43. The van der Waals surface area contributed by atoms with Crippen LogP contribution in [0, 0.1) is 11.8 Å². The lowest BCUT2D eigenvalue weighted by atomic mass is 9.79. The van der Waals surface area contributed by atoms with Crippen LogP contribution in [0.3, 0.4) is 0 Å². The predicted octanol–water partition coefficient (Wildman–Crippen LogP) is 3.24. The van der Waals surface area contributed by atoms with Crippen LogP contribution in [0.5, 0.6) is 0 Å². The fraction of sp³-hybridized carbons (Fsp3) is 1.00. The largest absolute Gasteiger partial charge is 0.790 e. The van der Waals surface area contributed by atoms with E-state index in [1.807, 2.05) is 0 Å². The van der Waals surface area contributed by atoms with Crippen LogP contribution >= 0.6 is 7.82 Å². The highest BCUT2D eigenvalue weighted by Gasteiger charge is 2.18. The van der Waals surface area contributed by atoms with Crippen LogP contribution in [-0.4, -0.2) is 7.11 Å². The second-order valence-corrected chi connectivity index (χ2v) is 6.68. The number of hydrogen-bond donors (Lipinski definition) is 0. The topological polar surface area (TPSA) is 72.4 Å². The molecule has 1 atom stereocenters. The van der Waals surface area contributed by atoms with Crippen molar-refractivity contribution in [2.45, 2.75) is 71.6 Å². The Balaban J connectivity index is 0.000000459. The Morgan fingerprint density at radius 3 is 2.16 bits per heavy atom. The van der Waals surface area contributed by atoms with Gasteiger partial charge in [-0.3, -0.25) is 0 Å². The molecule has 19 heavy (non-hydrogen) atoms. The van der Waals surface area contributed by atoms with Gasteiger partial charge in [0.2, 0.25) is 0 Å². The Labute approximate surface area is 118 Å². The zero-order valence-corrected chi connectivity index (χ0v) is 13.5. The summed E-state index contributed by atoms with van der Waals surface area (Å²) >= 11 is 0. The minimum Gasteiger partial charge on any atom is -0.790 e. The molecule has 0 aromatic heterocycles. The van der Waals surface area contributed by atoms with Crippen molar-refractivity contribution in [2.75, 3.05) is 7.11 Å². The lowest BCUT2D eigenvalue weighted by molar-refractivity contribution is -0.339. The van der Waals surface area contributed by atoms with E-state index < -0.39 is 7.82 Å². The van der Waals surface area contributed by atoms with Gasteiger partial charge in [0.25, 0.3) is 0 Å². The van der Waals surface area contributed by atoms with Crippen LogP contribution in [0.4, 0.5) is 0 Å². The molecule has 0 amide bonds. The summed E-state index contributed by atoms with van der Waals surface area (Å²) < 4.78 is 12.6. The van der Waals surface area contributed by atoms with Gasteiger partial charge in [0, 0.05) is 7.11 Å². The molecule has 0 aromatic carbocycles. The Hall–Kier alpha value is 0.110. The first-order chi connectivity index (χ1) is 8.92. The van der Waals surface area contributed by atoms with E-state index in [1.54, 1.807) is 0 Å². The molecule has 1 aliphatic rings. The Bertz CT molecular complexity index is 248. The van der Waals surface area contributed by atoms with E-state index in [9.17, 15) is 14.4 Å². The highest BCUT2D eigenvalue weighted by Crippen LogP contribution is 2.33. The van der Waals surface area contributed by atoms with E-state index in [4.69, 9.17) is 0 Å². The van der Waals surface area contributed by atoms with Crippen molar-refractivity contribution in [3.63, 3.8) is 0 Å². The third-order valence-electron chi connectivity index (χ3n) is 3.97. The second kappa shape index (κ2) is 10.8. The lowest BCUT2D eigenvalue weighted by Crippen LogP contribution is -2.14. The summed E-state index contributed by atoms with van der Waals surface area (Å²) in [4.78, 5) is 18.5. The lowest BCUT2D eigenvalue weighted by Gasteiger charge is -2.27. The van der Waals surface area contributed by atoms with E-state index in [0.717, 1.165) is 18.9 Å². The van der Waals surface area contributed by atoms with E-state index in [-0.39, 0.29) is 0 Å². The van der Waals surface area contributed by atoms with Gasteiger partial charge in [-0.15, -0.1) is 0 Å². The predicted molar refractivity (Wildman–Crippen MR) is 74.5 cm³/mol. The van der Waals surface area contributed by atoms with Gasteiger partial charge < -0.3 is 18.9 Å². The van der Waals surface area contributed by atoms with Gasteiger partial charge in [-0.2, -0.15) is 0 Å². The molecular weight excluding hydrogens is 263 g/mol. The van der Waals surface area contributed by atoms with Crippen molar-refractivity contribution < 1.29 is 18.9 Å². The maximum atomic E-state index is 9.25. The van der Waals surface area contributed by atoms with Crippen LogP contribution in [0.1, 0.15) is 71.6 Å². The van der Waals surface area contributed by atoms with Crippen LogP contribution in [0.2, 0.25) is 0 Å². The van der Waals surface area contributed by atoms with Crippen molar-refractivity contribution in [1.82, 2.24) is 0 Å². The van der Waals surface area contributed by atoms with Crippen LogP contribution < -0.4 is 9.79 Å². The molecule has 1 saturated carbocycles. The Morgan fingerprint density at radius 1 is 1.26 bits per heavy atom. The van der Waals surface area contributed by atoms with Crippen molar-refractivity contribution in [1.29, 1.82) is 0 Å². The maximum absolute atomic E-state index is 9.25. The van der Waals surface area contributed by atoms with Crippen molar-refractivity contribution in [2.24, 2.45) is 11.8 Å². The summed E-state index contributed by atoms with van der Waals surface area (Å²) in [6, 6.07) is 0. The average Bonchev–Trinajstić information content (AvgIpc) is 2.31. The number of rotatable bonds is 8. The minimum absolute atomic E-state index is 0.820. The molecule has 4 nitrogen and oxygen atoms in total. The van der Waals surface area contributed by atoms with Crippen molar-refractivity contribution in [3.05, 3.63) is 0 Å². The summed E-state index contributed by atoms with van der Waals surface area (Å²) in [6.07, 6.45) is 13.3. The molecule has 0 aliphatic heterocycles. The SMILES string of the molecule is CCCCC(CC)CCC1CCC1.COP(=O)([O-])[O-]. The average molecular weight is 292 g/mol. The van der Waals surface area contributed by atoms with E-state index in [0.29, 0.717) is 0 Å². The van der Waals surface area contributed by atoms with E-state index in [2.05, 4.69) is 18.4 Å². The third kappa shape index (κ3) is 11.6. The van der Waals surface area contributed by atoms with Crippen molar-refractivity contribution in [3.8, 4) is 0 Å². The zero-order chi connectivity index (χ0) is 14.7. The molecule has 0 heterocycles. The van der Waals surface area contributed by atoms with Gasteiger partial charge in [-0.05, 0) is 11.8 Å². The first kappa shape index (κ1) is 19.1. The molecule has 1 aliphatic carbocycles. The van der Waals surface area contributed by atoms with E-state index >= 15 is 0 Å². The maximum Gasteiger partial charge on any atom is 0.0592 e. The normalized spacial score (nSPS) is 17.3. The molecule has 0 bridgehead atoms. The van der Waals surface area contributed by atoms with Gasteiger partial charge in [0.1, 0.15) is 0 Å². The monoisotopic (exact) mass is 292 g/mol. The number of hydrogen-bond acceptors (Lipinski definition) is 4. The fourth-order valence-electron chi connectivity index (χ4n) is 2.30. The van der Waals surface area contributed by atoms with Gasteiger partial charge in [0.15, 0.2) is 0 Å². The zero-order valence-electron chi connectivity index (χ0n) is 12.6. The number of unbranched alkanes of at least 4 members (excludes halogenated alkanes) is 1. The molecular formula is C14H29O4P-2. The molecule has 1 rings (SSSR count). The Kier molecular flexibility index (Phi) is 10.9. The van der Waals surface area contributed by atoms with Gasteiger partial charge >= 0.3 is 0 Å². The minimum atomic E-state index is -4.65. The smallest absolute Gasteiger partial charge is 0.0592 e. The Morgan fingerprint density at radius 2 is 1.84 bits per heavy atom. The quantitative estimate of drug-likeness (QED) is 0.644. The third-order valence-corrected chi connectivity index (χ3v) is 4.42. The molecule has 0 aromatic rings. The summed E-state index contributed by atoms with van der Waals surface area (Å²) in [6.45, 7) is 4.67.